The van der Waals surface area contributed by atoms with Crippen LogP contribution in [0.2, 0.25) is 0 Å². The van der Waals surface area contributed by atoms with Gasteiger partial charge in [-0.2, -0.15) is 0 Å². The van der Waals surface area contributed by atoms with E-state index >= 15 is 0 Å². The predicted octanol–water partition coefficient (Wildman–Crippen LogP) is 5.07. The van der Waals surface area contributed by atoms with E-state index in [1.54, 1.807) is 0 Å². The lowest BCUT2D eigenvalue weighted by molar-refractivity contribution is 0.530. The van der Waals surface area contributed by atoms with Gasteiger partial charge in [-0.25, -0.2) is 0 Å². The van der Waals surface area contributed by atoms with Crippen LogP contribution in [0.3, 0.4) is 0 Å². The van der Waals surface area contributed by atoms with Crippen molar-refractivity contribution < 1.29 is 0 Å². The maximum atomic E-state index is 3.72. The molecule has 0 aliphatic rings. The number of hydrogen-bond acceptors (Lipinski definition) is 1. The zero-order valence-electron chi connectivity index (χ0n) is 13.6. The summed E-state index contributed by atoms with van der Waals surface area (Å²) in [5.74, 6) is 0. The zero-order chi connectivity index (χ0) is 15.9. The van der Waals surface area contributed by atoms with Gasteiger partial charge in [-0.3, -0.25) is 0 Å². The summed E-state index contributed by atoms with van der Waals surface area (Å²) in [5.41, 5.74) is 5.33. The fourth-order valence-electron chi connectivity index (χ4n) is 2.79. The molecule has 1 N–H and O–H groups in total. The lowest BCUT2D eigenvalue weighted by atomic mass is 9.98. The van der Waals surface area contributed by atoms with Gasteiger partial charge < -0.3 is 5.32 Å². The van der Waals surface area contributed by atoms with Gasteiger partial charge in [0.25, 0.3) is 0 Å². The maximum Gasteiger partial charge on any atom is 0.0363 e. The molecule has 0 aliphatic carbocycles. The Hall–Kier alpha value is -2.38. The fraction of sp³-hybridized carbons (Fsp3) is 0.182. The van der Waals surface area contributed by atoms with E-state index in [2.05, 4.69) is 97.2 Å². The van der Waals surface area contributed by atoms with Crippen molar-refractivity contribution in [3.8, 4) is 0 Å². The van der Waals surface area contributed by atoms with Gasteiger partial charge in [-0.15, -0.1) is 0 Å². The molecular weight excluding hydrogens is 278 g/mol. The van der Waals surface area contributed by atoms with Gasteiger partial charge in [0.15, 0.2) is 0 Å². The molecule has 0 fully saturated rings. The Kier molecular flexibility index (Phi) is 5.23. The molecule has 1 atom stereocenters. The Morgan fingerprint density at radius 1 is 0.696 bits per heavy atom. The fourth-order valence-corrected chi connectivity index (χ4v) is 2.79. The number of benzene rings is 3. The summed E-state index contributed by atoms with van der Waals surface area (Å²) in [6.45, 7) is 3.01. The van der Waals surface area contributed by atoms with Crippen molar-refractivity contribution in [3.63, 3.8) is 0 Å². The predicted molar refractivity (Wildman–Crippen MR) is 97.3 cm³/mol. The third-order valence-corrected chi connectivity index (χ3v) is 4.16. The lowest BCUT2D eigenvalue weighted by Gasteiger charge is -2.20. The van der Waals surface area contributed by atoms with Crippen LogP contribution in [0.25, 0.3) is 0 Å². The number of rotatable bonds is 6. The molecule has 3 aromatic carbocycles. The monoisotopic (exact) mass is 301 g/mol. The topological polar surface area (TPSA) is 12.0 Å². The first-order valence-electron chi connectivity index (χ1n) is 8.19. The molecule has 0 radical (unpaired) electrons. The summed E-state index contributed by atoms with van der Waals surface area (Å²) in [6, 6.07) is 30.4. The third-order valence-electron chi connectivity index (χ3n) is 4.16. The van der Waals surface area contributed by atoms with Crippen LogP contribution in [0.4, 0.5) is 0 Å². The van der Waals surface area contributed by atoms with Crippen molar-refractivity contribution >= 4 is 0 Å². The van der Waals surface area contributed by atoms with Crippen molar-refractivity contribution in [1.29, 1.82) is 0 Å². The first-order chi connectivity index (χ1) is 11.3. The van der Waals surface area contributed by atoms with E-state index in [-0.39, 0.29) is 0 Å². The van der Waals surface area contributed by atoms with Crippen LogP contribution in [0.1, 0.15) is 28.3 Å². The quantitative estimate of drug-likeness (QED) is 0.670. The molecule has 0 heterocycles. The van der Waals surface area contributed by atoms with Crippen molar-refractivity contribution in [1.82, 2.24) is 5.32 Å². The first-order valence-corrected chi connectivity index (χ1v) is 8.19. The molecule has 1 nitrogen and oxygen atoms in total. The Morgan fingerprint density at radius 2 is 1.30 bits per heavy atom. The van der Waals surface area contributed by atoms with Crippen LogP contribution in [0.5, 0.6) is 0 Å². The Balaban J connectivity index is 1.75. The van der Waals surface area contributed by atoms with Gasteiger partial charge in [-0.1, -0.05) is 90.5 Å². The Labute approximate surface area is 139 Å². The summed E-state index contributed by atoms with van der Waals surface area (Å²) in [4.78, 5) is 0. The highest BCUT2D eigenvalue weighted by atomic mass is 14.9. The van der Waals surface area contributed by atoms with Crippen molar-refractivity contribution in [2.24, 2.45) is 0 Å². The summed E-state index contributed by atoms with van der Waals surface area (Å²) >= 11 is 0. The molecule has 0 bridgehead atoms. The van der Waals surface area contributed by atoms with Gasteiger partial charge >= 0.3 is 0 Å². The molecule has 0 saturated heterocycles. The molecule has 0 amide bonds. The number of nitrogens with one attached hydrogen (secondary N) is 1. The van der Waals surface area contributed by atoms with Crippen LogP contribution in [0.15, 0.2) is 84.9 Å². The Morgan fingerprint density at radius 3 is 1.96 bits per heavy atom. The largest absolute Gasteiger partial charge is 0.306 e. The zero-order valence-corrected chi connectivity index (χ0v) is 13.6. The van der Waals surface area contributed by atoms with E-state index in [0.717, 1.165) is 13.0 Å². The smallest absolute Gasteiger partial charge is 0.0363 e. The molecule has 116 valence electrons. The van der Waals surface area contributed by atoms with Crippen LogP contribution in [-0.2, 0) is 13.0 Å². The molecule has 0 aliphatic heterocycles. The van der Waals surface area contributed by atoms with E-state index in [0.29, 0.717) is 6.04 Å². The van der Waals surface area contributed by atoms with E-state index < -0.39 is 0 Å². The molecule has 0 saturated carbocycles. The van der Waals surface area contributed by atoms with Gasteiger partial charge in [0, 0.05) is 12.6 Å². The summed E-state index contributed by atoms with van der Waals surface area (Å²) < 4.78 is 0. The highest BCUT2D eigenvalue weighted by Crippen LogP contribution is 2.19. The molecule has 0 spiro atoms. The standard InChI is InChI=1S/C22H23N/c1-18-12-14-19(15-13-18)16-22(21-10-6-3-7-11-21)23-17-20-8-4-2-5-9-20/h2-15,22-23H,16-17H2,1H3/t22-/m0/s1. The second-order valence-electron chi connectivity index (χ2n) is 6.02. The highest BCUT2D eigenvalue weighted by molar-refractivity contribution is 5.26. The van der Waals surface area contributed by atoms with Crippen LogP contribution >= 0.6 is 0 Å². The van der Waals surface area contributed by atoms with Crippen molar-refractivity contribution in [2.75, 3.05) is 0 Å². The van der Waals surface area contributed by atoms with Gasteiger partial charge in [-0.05, 0) is 30.0 Å². The van der Waals surface area contributed by atoms with Gasteiger partial charge in [0.05, 0.1) is 0 Å². The highest BCUT2D eigenvalue weighted by Gasteiger charge is 2.11. The number of aryl methyl sites for hydroxylation is 1. The summed E-state index contributed by atoms with van der Waals surface area (Å²) in [5, 5.41) is 3.72. The average molecular weight is 301 g/mol. The molecule has 3 aromatic rings. The van der Waals surface area contributed by atoms with Crippen LogP contribution in [0, 0.1) is 6.92 Å². The van der Waals surface area contributed by atoms with Gasteiger partial charge in [0.1, 0.15) is 0 Å². The Bertz CT molecular complexity index is 702. The first kappa shape index (κ1) is 15.5. The van der Waals surface area contributed by atoms with E-state index in [4.69, 9.17) is 0 Å². The minimum absolute atomic E-state index is 0.319. The minimum Gasteiger partial charge on any atom is -0.306 e. The molecule has 0 unspecified atom stereocenters. The van der Waals surface area contributed by atoms with Gasteiger partial charge in [0.2, 0.25) is 0 Å². The molecule has 23 heavy (non-hydrogen) atoms. The van der Waals surface area contributed by atoms with Crippen LogP contribution < -0.4 is 5.32 Å². The molecular formula is C22H23N. The maximum absolute atomic E-state index is 3.72. The normalized spacial score (nSPS) is 12.0. The molecule has 3 rings (SSSR count). The SMILES string of the molecule is Cc1ccc(C[C@H](NCc2ccccc2)c2ccccc2)cc1. The second kappa shape index (κ2) is 7.75. The third kappa shape index (κ3) is 4.54. The van der Waals surface area contributed by atoms with Crippen molar-refractivity contribution in [2.45, 2.75) is 25.9 Å². The van der Waals surface area contributed by atoms with E-state index in [1.807, 2.05) is 0 Å². The molecule has 1 heteroatoms. The summed E-state index contributed by atoms with van der Waals surface area (Å²) in [7, 11) is 0. The van der Waals surface area contributed by atoms with E-state index in [1.165, 1.54) is 22.3 Å². The lowest BCUT2D eigenvalue weighted by Crippen LogP contribution is -2.23. The van der Waals surface area contributed by atoms with Crippen molar-refractivity contribution in [3.05, 3.63) is 107 Å². The minimum atomic E-state index is 0.319. The van der Waals surface area contributed by atoms with Crippen LogP contribution in [-0.4, -0.2) is 0 Å². The second-order valence-corrected chi connectivity index (χ2v) is 6.02. The number of hydrogen-bond donors (Lipinski definition) is 1. The summed E-state index contributed by atoms with van der Waals surface area (Å²) in [6.07, 6.45) is 0.997. The molecule has 0 aromatic heterocycles. The van der Waals surface area contributed by atoms with E-state index in [9.17, 15) is 0 Å². The average Bonchev–Trinajstić information content (AvgIpc) is 2.62.